The molecule has 4 heteroatoms. The monoisotopic (exact) mass is 233 g/mol. The van der Waals surface area contributed by atoms with Crippen LogP contribution in [0.1, 0.15) is 17.5 Å². The molecule has 2 atom stereocenters. The smallest absolute Gasteiger partial charge is 0.307 e. The Labute approximate surface area is 99.6 Å². The second kappa shape index (κ2) is 4.20. The molecule has 17 heavy (non-hydrogen) atoms. The van der Waals surface area contributed by atoms with E-state index in [1.807, 2.05) is 32.0 Å². The highest BCUT2D eigenvalue weighted by Gasteiger charge is 2.48. The maximum atomic E-state index is 11.8. The average Bonchev–Trinajstić information content (AvgIpc) is 3.04. The molecule has 2 N–H and O–H groups in total. The van der Waals surface area contributed by atoms with Gasteiger partial charge in [-0.25, -0.2) is 0 Å². The summed E-state index contributed by atoms with van der Waals surface area (Å²) in [5.74, 6) is -1.94. The van der Waals surface area contributed by atoms with Crippen molar-refractivity contribution in [2.24, 2.45) is 11.8 Å². The fourth-order valence-corrected chi connectivity index (χ4v) is 1.87. The van der Waals surface area contributed by atoms with Gasteiger partial charge in [-0.15, -0.1) is 0 Å². The van der Waals surface area contributed by atoms with Gasteiger partial charge in [0.25, 0.3) is 0 Å². The quantitative estimate of drug-likeness (QED) is 0.838. The molecule has 1 aliphatic carbocycles. The van der Waals surface area contributed by atoms with E-state index < -0.39 is 11.9 Å². The zero-order valence-electron chi connectivity index (χ0n) is 9.86. The lowest BCUT2D eigenvalue weighted by Crippen LogP contribution is -2.17. The van der Waals surface area contributed by atoms with Crippen LogP contribution in [0.3, 0.4) is 0 Å². The van der Waals surface area contributed by atoms with Gasteiger partial charge in [-0.1, -0.05) is 12.1 Å². The Balaban J connectivity index is 2.05. The Bertz CT molecular complexity index is 482. The van der Waals surface area contributed by atoms with Crippen molar-refractivity contribution in [2.45, 2.75) is 20.3 Å². The van der Waals surface area contributed by atoms with Crippen LogP contribution < -0.4 is 5.32 Å². The lowest BCUT2D eigenvalue weighted by molar-refractivity contribution is -0.139. The molecule has 1 amide bonds. The van der Waals surface area contributed by atoms with E-state index in [-0.39, 0.29) is 11.8 Å². The number of carbonyl (C=O) groups is 2. The minimum absolute atomic E-state index is 0.189. The number of carboxylic acid groups (broad SMARTS) is 1. The molecular formula is C13H15NO3. The summed E-state index contributed by atoms with van der Waals surface area (Å²) >= 11 is 0. The van der Waals surface area contributed by atoms with Crippen LogP contribution in [0, 0.1) is 25.7 Å². The van der Waals surface area contributed by atoms with Gasteiger partial charge in [0.1, 0.15) is 0 Å². The van der Waals surface area contributed by atoms with Crippen molar-refractivity contribution in [1.29, 1.82) is 0 Å². The zero-order chi connectivity index (χ0) is 12.6. The van der Waals surface area contributed by atoms with Gasteiger partial charge in [0, 0.05) is 5.69 Å². The summed E-state index contributed by atoms with van der Waals surface area (Å²) in [6, 6.07) is 5.68. The molecule has 2 rings (SSSR count). The molecule has 1 aromatic carbocycles. The number of carbonyl (C=O) groups excluding carboxylic acids is 1. The number of benzene rings is 1. The lowest BCUT2D eigenvalue weighted by atomic mass is 10.1. The maximum Gasteiger partial charge on any atom is 0.307 e. The van der Waals surface area contributed by atoms with E-state index in [0.29, 0.717) is 6.42 Å². The highest BCUT2D eigenvalue weighted by molar-refractivity contribution is 5.98. The molecule has 0 bridgehead atoms. The Morgan fingerprint density at radius 3 is 2.59 bits per heavy atom. The van der Waals surface area contributed by atoms with Crippen LogP contribution in [0.25, 0.3) is 0 Å². The van der Waals surface area contributed by atoms with Gasteiger partial charge in [0.15, 0.2) is 0 Å². The first-order valence-electron chi connectivity index (χ1n) is 5.60. The Kier molecular flexibility index (Phi) is 2.88. The first kappa shape index (κ1) is 11.6. The van der Waals surface area contributed by atoms with Crippen molar-refractivity contribution >= 4 is 17.6 Å². The van der Waals surface area contributed by atoms with E-state index in [4.69, 9.17) is 5.11 Å². The van der Waals surface area contributed by atoms with Crippen LogP contribution in [0.2, 0.25) is 0 Å². The summed E-state index contributed by atoms with van der Waals surface area (Å²) in [4.78, 5) is 22.4. The van der Waals surface area contributed by atoms with Crippen LogP contribution in [-0.4, -0.2) is 17.0 Å². The highest BCUT2D eigenvalue weighted by atomic mass is 16.4. The summed E-state index contributed by atoms with van der Waals surface area (Å²) in [6.45, 7) is 3.91. The fourth-order valence-electron chi connectivity index (χ4n) is 1.87. The van der Waals surface area contributed by atoms with Crippen LogP contribution in [-0.2, 0) is 9.59 Å². The van der Waals surface area contributed by atoms with Crippen LogP contribution in [0.5, 0.6) is 0 Å². The van der Waals surface area contributed by atoms with Gasteiger partial charge in [0.2, 0.25) is 5.91 Å². The Morgan fingerprint density at radius 2 is 2.00 bits per heavy atom. The van der Waals surface area contributed by atoms with E-state index in [2.05, 4.69) is 5.32 Å². The van der Waals surface area contributed by atoms with Crippen LogP contribution >= 0.6 is 0 Å². The van der Waals surface area contributed by atoms with E-state index in [1.165, 1.54) is 0 Å². The minimum Gasteiger partial charge on any atom is -0.481 e. The number of hydrogen-bond donors (Lipinski definition) is 2. The molecule has 2 unspecified atom stereocenters. The molecule has 0 spiro atoms. The highest BCUT2D eigenvalue weighted by Crippen LogP contribution is 2.39. The molecule has 0 heterocycles. The van der Waals surface area contributed by atoms with E-state index in [1.54, 1.807) is 0 Å². The van der Waals surface area contributed by atoms with Crippen molar-refractivity contribution in [3.05, 3.63) is 29.3 Å². The standard InChI is InChI=1S/C13H15NO3/c1-7-4-3-5-11(8(7)2)14-12(15)9-6-10(9)13(16)17/h3-5,9-10H,6H2,1-2H3,(H,14,15)(H,16,17). The van der Waals surface area contributed by atoms with Gasteiger partial charge in [-0.2, -0.15) is 0 Å². The third-order valence-corrected chi connectivity index (χ3v) is 3.31. The zero-order valence-corrected chi connectivity index (χ0v) is 9.86. The van der Waals surface area contributed by atoms with Gasteiger partial charge >= 0.3 is 5.97 Å². The van der Waals surface area contributed by atoms with E-state index in [9.17, 15) is 9.59 Å². The third kappa shape index (κ3) is 2.30. The molecule has 90 valence electrons. The lowest BCUT2D eigenvalue weighted by Gasteiger charge is -2.09. The first-order chi connectivity index (χ1) is 8.00. The fraction of sp³-hybridized carbons (Fsp3) is 0.385. The Morgan fingerprint density at radius 1 is 1.29 bits per heavy atom. The molecule has 0 radical (unpaired) electrons. The first-order valence-corrected chi connectivity index (χ1v) is 5.60. The number of amides is 1. The van der Waals surface area contributed by atoms with Gasteiger partial charge in [0.05, 0.1) is 11.8 Å². The SMILES string of the molecule is Cc1cccc(NC(=O)C2CC2C(=O)O)c1C. The molecule has 1 aliphatic rings. The van der Waals surface area contributed by atoms with Crippen molar-refractivity contribution in [2.75, 3.05) is 5.32 Å². The summed E-state index contributed by atoms with van der Waals surface area (Å²) in [5, 5.41) is 11.6. The maximum absolute atomic E-state index is 11.8. The van der Waals surface area contributed by atoms with E-state index >= 15 is 0 Å². The molecule has 1 fully saturated rings. The van der Waals surface area contributed by atoms with Gasteiger partial charge < -0.3 is 10.4 Å². The number of anilines is 1. The topological polar surface area (TPSA) is 66.4 Å². The largest absolute Gasteiger partial charge is 0.481 e. The van der Waals surface area contributed by atoms with Crippen LogP contribution in [0.15, 0.2) is 18.2 Å². The Hall–Kier alpha value is -1.84. The summed E-state index contributed by atoms with van der Waals surface area (Å²) in [6.07, 6.45) is 0.450. The molecule has 1 saturated carbocycles. The molecule has 1 aromatic rings. The molecule has 0 saturated heterocycles. The summed E-state index contributed by atoms with van der Waals surface area (Å²) < 4.78 is 0. The van der Waals surface area contributed by atoms with Crippen molar-refractivity contribution in [1.82, 2.24) is 0 Å². The number of hydrogen-bond acceptors (Lipinski definition) is 2. The van der Waals surface area contributed by atoms with E-state index in [0.717, 1.165) is 16.8 Å². The summed E-state index contributed by atoms with van der Waals surface area (Å²) in [7, 11) is 0. The molecular weight excluding hydrogens is 218 g/mol. The number of aliphatic carboxylic acids is 1. The van der Waals surface area contributed by atoms with Crippen LogP contribution in [0.4, 0.5) is 5.69 Å². The number of rotatable bonds is 3. The molecule has 0 aromatic heterocycles. The van der Waals surface area contributed by atoms with Crippen molar-refractivity contribution < 1.29 is 14.7 Å². The van der Waals surface area contributed by atoms with Gasteiger partial charge in [-0.3, -0.25) is 9.59 Å². The average molecular weight is 233 g/mol. The third-order valence-electron chi connectivity index (χ3n) is 3.31. The molecule has 4 nitrogen and oxygen atoms in total. The van der Waals surface area contributed by atoms with Gasteiger partial charge in [-0.05, 0) is 37.5 Å². The predicted molar refractivity (Wildman–Crippen MR) is 63.8 cm³/mol. The number of nitrogens with one attached hydrogen (secondary N) is 1. The van der Waals surface area contributed by atoms with Crippen molar-refractivity contribution in [3.63, 3.8) is 0 Å². The second-order valence-corrected chi connectivity index (χ2v) is 4.52. The number of carboxylic acids is 1. The minimum atomic E-state index is -0.883. The van der Waals surface area contributed by atoms with Crippen molar-refractivity contribution in [3.8, 4) is 0 Å². The second-order valence-electron chi connectivity index (χ2n) is 4.52. The number of aryl methyl sites for hydroxylation is 1. The molecule has 0 aliphatic heterocycles. The summed E-state index contributed by atoms with van der Waals surface area (Å²) in [5.41, 5.74) is 2.90. The predicted octanol–water partition coefficient (Wildman–Crippen LogP) is 1.96. The normalized spacial score (nSPS) is 22.0.